The third kappa shape index (κ3) is 2.74. The Balaban J connectivity index is 2.02. The van der Waals surface area contributed by atoms with Gasteiger partial charge in [-0.2, -0.15) is 0 Å². The summed E-state index contributed by atoms with van der Waals surface area (Å²) in [6, 6.07) is 11.9. The average Bonchev–Trinajstić information content (AvgIpc) is 2.86. The number of anilines is 2. The van der Waals surface area contributed by atoms with E-state index in [1.54, 1.807) is 0 Å². The molecule has 3 rings (SSSR count). The Morgan fingerprint density at radius 2 is 2.05 bits per heavy atom. The highest BCUT2D eigenvalue weighted by Gasteiger charge is 2.12. The number of hydrogen-bond donors (Lipinski definition) is 2. The van der Waals surface area contributed by atoms with E-state index in [0.29, 0.717) is 17.6 Å². The Morgan fingerprint density at radius 1 is 1.24 bits per heavy atom. The molecule has 4 nitrogen and oxygen atoms in total. The summed E-state index contributed by atoms with van der Waals surface area (Å²) in [4.78, 5) is 4.52. The fourth-order valence-electron chi connectivity index (χ4n) is 2.18. The van der Waals surface area contributed by atoms with Crippen LogP contribution < -0.4 is 11.1 Å². The van der Waals surface area contributed by atoms with Crippen molar-refractivity contribution in [3.63, 3.8) is 0 Å². The molecule has 3 aromatic rings. The molecule has 0 fully saturated rings. The summed E-state index contributed by atoms with van der Waals surface area (Å²) >= 11 is 3.48. The van der Waals surface area contributed by atoms with Gasteiger partial charge in [-0.3, -0.25) is 0 Å². The minimum Gasteiger partial charge on any atom is -0.436 e. The lowest BCUT2D eigenvalue weighted by molar-refractivity contribution is 0.620. The van der Waals surface area contributed by atoms with Crippen molar-refractivity contribution in [2.45, 2.75) is 19.9 Å². The molecule has 0 radical (unpaired) electrons. The van der Waals surface area contributed by atoms with Crippen LogP contribution in [0.3, 0.4) is 0 Å². The molecule has 0 aliphatic heterocycles. The fraction of sp³-hybridized carbons (Fsp3) is 0.188. The molecule has 108 valence electrons. The zero-order chi connectivity index (χ0) is 15.0. The van der Waals surface area contributed by atoms with E-state index in [2.05, 4.69) is 40.1 Å². The molecule has 0 spiro atoms. The van der Waals surface area contributed by atoms with Gasteiger partial charge in [-0.15, -0.1) is 0 Å². The van der Waals surface area contributed by atoms with Crippen molar-refractivity contribution < 1.29 is 4.42 Å². The minimum atomic E-state index is 0.332. The van der Waals surface area contributed by atoms with E-state index in [0.717, 1.165) is 26.8 Å². The van der Waals surface area contributed by atoms with Crippen LogP contribution in [0.25, 0.3) is 22.6 Å². The average molecular weight is 346 g/mol. The van der Waals surface area contributed by atoms with Crippen LogP contribution in [0.2, 0.25) is 0 Å². The van der Waals surface area contributed by atoms with Crippen LogP contribution in [0.5, 0.6) is 0 Å². The van der Waals surface area contributed by atoms with Crippen LogP contribution in [-0.2, 0) is 0 Å². The smallest absolute Gasteiger partial charge is 0.227 e. The number of rotatable bonds is 3. The van der Waals surface area contributed by atoms with Gasteiger partial charge in [0.2, 0.25) is 5.89 Å². The predicted octanol–water partition coefficient (Wildman–Crippen LogP) is 4.66. The standard InChI is InChI=1S/C16H16BrN3O/c1-9(2)19-13-7-6-10(8-12(13)18)16-20-15-11(17)4-3-5-14(15)21-16/h3-9,19H,18H2,1-2H3. The molecule has 0 saturated heterocycles. The number of para-hydroxylation sites is 1. The number of hydrogen-bond acceptors (Lipinski definition) is 4. The molecule has 3 N–H and O–H groups in total. The molecule has 0 saturated carbocycles. The molecule has 0 unspecified atom stereocenters. The number of fused-ring (bicyclic) bond motifs is 1. The number of nitrogens with one attached hydrogen (secondary N) is 1. The van der Waals surface area contributed by atoms with Crippen molar-refractivity contribution in [2.75, 3.05) is 11.1 Å². The lowest BCUT2D eigenvalue weighted by Crippen LogP contribution is -2.11. The first-order valence-corrected chi connectivity index (χ1v) is 7.55. The Morgan fingerprint density at radius 3 is 2.71 bits per heavy atom. The van der Waals surface area contributed by atoms with E-state index < -0.39 is 0 Å². The Hall–Kier alpha value is -2.01. The molecule has 1 heterocycles. The van der Waals surface area contributed by atoms with E-state index in [4.69, 9.17) is 10.2 Å². The van der Waals surface area contributed by atoms with Gasteiger partial charge in [0.1, 0.15) is 5.52 Å². The van der Waals surface area contributed by atoms with Crippen LogP contribution in [0.15, 0.2) is 45.3 Å². The highest BCUT2D eigenvalue weighted by molar-refractivity contribution is 9.10. The first-order valence-electron chi connectivity index (χ1n) is 6.76. The summed E-state index contributed by atoms with van der Waals surface area (Å²) < 4.78 is 6.71. The number of aromatic nitrogens is 1. The van der Waals surface area contributed by atoms with Gasteiger partial charge in [-0.05, 0) is 60.1 Å². The summed E-state index contributed by atoms with van der Waals surface area (Å²) in [6.45, 7) is 4.15. The van der Waals surface area contributed by atoms with Gasteiger partial charge >= 0.3 is 0 Å². The molecule has 5 heteroatoms. The van der Waals surface area contributed by atoms with E-state index in [1.165, 1.54) is 0 Å². The molecular formula is C16H16BrN3O. The number of nitrogens with zero attached hydrogens (tertiary/aromatic N) is 1. The molecule has 21 heavy (non-hydrogen) atoms. The van der Waals surface area contributed by atoms with E-state index >= 15 is 0 Å². The van der Waals surface area contributed by atoms with Crippen LogP contribution >= 0.6 is 15.9 Å². The van der Waals surface area contributed by atoms with E-state index in [9.17, 15) is 0 Å². The molecule has 0 atom stereocenters. The number of benzene rings is 2. The number of halogens is 1. The van der Waals surface area contributed by atoms with Crippen molar-refractivity contribution in [3.8, 4) is 11.5 Å². The predicted molar refractivity (Wildman–Crippen MR) is 90.3 cm³/mol. The molecule has 0 aliphatic rings. The summed E-state index contributed by atoms with van der Waals surface area (Å²) in [7, 11) is 0. The van der Waals surface area contributed by atoms with Crippen LogP contribution in [0, 0.1) is 0 Å². The zero-order valence-electron chi connectivity index (χ0n) is 11.9. The summed E-state index contributed by atoms with van der Waals surface area (Å²) in [5.41, 5.74) is 10.1. The highest BCUT2D eigenvalue weighted by atomic mass is 79.9. The van der Waals surface area contributed by atoms with Gasteiger partial charge in [0.25, 0.3) is 0 Å². The first kappa shape index (κ1) is 13.9. The second-order valence-corrected chi connectivity index (χ2v) is 6.06. The Bertz CT molecular complexity index is 795. The summed E-state index contributed by atoms with van der Waals surface area (Å²) in [5, 5.41) is 3.30. The Labute approximate surface area is 131 Å². The van der Waals surface area contributed by atoms with Crippen molar-refractivity contribution >= 4 is 38.4 Å². The maximum Gasteiger partial charge on any atom is 0.227 e. The third-order valence-corrected chi connectivity index (χ3v) is 3.75. The monoisotopic (exact) mass is 345 g/mol. The second-order valence-electron chi connectivity index (χ2n) is 5.21. The molecule has 2 aromatic carbocycles. The molecule has 0 aliphatic carbocycles. The minimum absolute atomic E-state index is 0.332. The molecular weight excluding hydrogens is 330 g/mol. The summed E-state index contributed by atoms with van der Waals surface area (Å²) in [5.74, 6) is 0.569. The zero-order valence-corrected chi connectivity index (χ0v) is 13.4. The molecule has 0 amide bonds. The molecule has 0 bridgehead atoms. The van der Waals surface area contributed by atoms with Crippen molar-refractivity contribution in [1.29, 1.82) is 0 Å². The van der Waals surface area contributed by atoms with Gasteiger partial charge in [0.15, 0.2) is 5.58 Å². The topological polar surface area (TPSA) is 64.1 Å². The number of nitrogen functional groups attached to an aromatic ring is 1. The normalized spacial score (nSPS) is 11.2. The van der Waals surface area contributed by atoms with Crippen LogP contribution in [0.4, 0.5) is 11.4 Å². The van der Waals surface area contributed by atoms with Crippen LogP contribution in [0.1, 0.15) is 13.8 Å². The largest absolute Gasteiger partial charge is 0.436 e. The lowest BCUT2D eigenvalue weighted by Gasteiger charge is -2.12. The number of oxazole rings is 1. The summed E-state index contributed by atoms with van der Waals surface area (Å²) in [6.07, 6.45) is 0. The fourth-order valence-corrected chi connectivity index (χ4v) is 2.61. The van der Waals surface area contributed by atoms with E-state index in [1.807, 2.05) is 36.4 Å². The van der Waals surface area contributed by atoms with Crippen molar-refractivity contribution in [2.24, 2.45) is 0 Å². The van der Waals surface area contributed by atoms with Gasteiger partial charge < -0.3 is 15.5 Å². The van der Waals surface area contributed by atoms with Crippen LogP contribution in [-0.4, -0.2) is 11.0 Å². The second kappa shape index (κ2) is 5.41. The third-order valence-electron chi connectivity index (χ3n) is 3.11. The number of nitrogens with two attached hydrogens (primary N) is 1. The van der Waals surface area contributed by atoms with Gasteiger partial charge in [0, 0.05) is 16.1 Å². The van der Waals surface area contributed by atoms with Gasteiger partial charge in [0.05, 0.1) is 11.4 Å². The van der Waals surface area contributed by atoms with E-state index in [-0.39, 0.29) is 0 Å². The first-order chi connectivity index (χ1) is 10.0. The molecule has 1 aromatic heterocycles. The highest BCUT2D eigenvalue weighted by Crippen LogP contribution is 2.31. The van der Waals surface area contributed by atoms with Gasteiger partial charge in [-0.1, -0.05) is 6.07 Å². The van der Waals surface area contributed by atoms with Gasteiger partial charge in [-0.25, -0.2) is 4.98 Å². The van der Waals surface area contributed by atoms with Crippen molar-refractivity contribution in [3.05, 3.63) is 40.9 Å². The Kier molecular flexibility index (Phi) is 3.59. The van der Waals surface area contributed by atoms with Crippen molar-refractivity contribution in [1.82, 2.24) is 4.98 Å². The maximum atomic E-state index is 6.09. The maximum absolute atomic E-state index is 6.09. The quantitative estimate of drug-likeness (QED) is 0.677. The lowest BCUT2D eigenvalue weighted by atomic mass is 10.1. The SMILES string of the molecule is CC(C)Nc1ccc(-c2nc3c(Br)cccc3o2)cc1N.